The van der Waals surface area contributed by atoms with Gasteiger partial charge in [-0.05, 0) is 43.5 Å². The second-order valence-corrected chi connectivity index (χ2v) is 5.33. The number of nitrogens with zero attached hydrogens (tertiary/aromatic N) is 3. The third-order valence-corrected chi connectivity index (χ3v) is 3.24. The number of aromatic nitrogens is 2. The van der Waals surface area contributed by atoms with E-state index in [9.17, 15) is 0 Å². The number of benzene rings is 1. The molecule has 6 heteroatoms. The highest BCUT2D eigenvalue weighted by atomic mass is 127. The minimum atomic E-state index is 0. The fourth-order valence-electron chi connectivity index (χ4n) is 2.42. The third kappa shape index (κ3) is 5.01. The predicted molar refractivity (Wildman–Crippen MR) is 103 cm³/mol. The van der Waals surface area contributed by atoms with E-state index in [0.29, 0.717) is 12.5 Å². The van der Waals surface area contributed by atoms with Gasteiger partial charge in [0.05, 0.1) is 12.2 Å². The smallest absolute Gasteiger partial charge is 0.193 e. The van der Waals surface area contributed by atoms with Crippen LogP contribution in [-0.4, -0.2) is 15.7 Å². The molecule has 0 spiro atoms. The van der Waals surface area contributed by atoms with Crippen molar-refractivity contribution in [3.8, 4) is 0 Å². The maximum atomic E-state index is 5.96. The van der Waals surface area contributed by atoms with Gasteiger partial charge in [-0.3, -0.25) is 4.68 Å². The Labute approximate surface area is 149 Å². The Balaban J connectivity index is 0.00000242. The molecule has 2 aromatic rings. The zero-order chi connectivity index (χ0) is 15.4. The standard InChI is InChI=1S/C16H23N5.HI/c1-5-15-13(10-21(4)20-15)9-18-16(17)19-14-7-11(2)6-12(3)8-14;/h6-8,10H,5,9H2,1-4H3,(H3,17,18,19);1H. The highest BCUT2D eigenvalue weighted by Gasteiger charge is 2.05. The number of aryl methyl sites for hydroxylation is 4. The first-order valence-electron chi connectivity index (χ1n) is 7.14. The minimum Gasteiger partial charge on any atom is -0.370 e. The molecule has 0 aliphatic rings. The Morgan fingerprint density at radius 2 is 1.91 bits per heavy atom. The molecule has 0 radical (unpaired) electrons. The lowest BCUT2D eigenvalue weighted by Crippen LogP contribution is -2.22. The van der Waals surface area contributed by atoms with Crippen molar-refractivity contribution in [2.24, 2.45) is 17.8 Å². The number of rotatable bonds is 4. The van der Waals surface area contributed by atoms with E-state index in [1.807, 2.05) is 17.9 Å². The van der Waals surface area contributed by atoms with Crippen molar-refractivity contribution in [3.05, 3.63) is 46.8 Å². The van der Waals surface area contributed by atoms with Gasteiger partial charge in [0.15, 0.2) is 5.96 Å². The summed E-state index contributed by atoms with van der Waals surface area (Å²) in [5.74, 6) is 0.422. The molecular weight excluding hydrogens is 389 g/mol. The zero-order valence-electron chi connectivity index (χ0n) is 13.6. The van der Waals surface area contributed by atoms with Crippen LogP contribution in [0, 0.1) is 13.8 Å². The average Bonchev–Trinajstić information content (AvgIpc) is 2.75. The quantitative estimate of drug-likeness (QED) is 0.460. The van der Waals surface area contributed by atoms with Gasteiger partial charge < -0.3 is 11.1 Å². The van der Waals surface area contributed by atoms with Crippen LogP contribution >= 0.6 is 24.0 Å². The van der Waals surface area contributed by atoms with Gasteiger partial charge in [0.1, 0.15) is 0 Å². The molecule has 1 aromatic heterocycles. The second kappa shape index (κ2) is 8.17. The van der Waals surface area contributed by atoms with Crippen LogP contribution in [0.2, 0.25) is 0 Å². The molecular formula is C16H24IN5. The lowest BCUT2D eigenvalue weighted by molar-refractivity contribution is 0.746. The van der Waals surface area contributed by atoms with Crippen LogP contribution in [0.4, 0.5) is 5.69 Å². The van der Waals surface area contributed by atoms with Crippen LogP contribution in [0.5, 0.6) is 0 Å². The van der Waals surface area contributed by atoms with Crippen molar-refractivity contribution in [1.82, 2.24) is 9.78 Å². The molecule has 120 valence electrons. The van der Waals surface area contributed by atoms with Crippen molar-refractivity contribution in [2.75, 3.05) is 5.32 Å². The van der Waals surface area contributed by atoms with E-state index in [2.05, 4.69) is 54.4 Å². The van der Waals surface area contributed by atoms with Gasteiger partial charge in [-0.25, -0.2) is 4.99 Å². The molecule has 0 atom stereocenters. The lowest BCUT2D eigenvalue weighted by Gasteiger charge is -2.08. The molecule has 0 aliphatic heterocycles. The first-order valence-corrected chi connectivity index (χ1v) is 7.14. The Hall–Kier alpha value is -1.57. The van der Waals surface area contributed by atoms with E-state index < -0.39 is 0 Å². The molecule has 0 unspecified atom stereocenters. The topological polar surface area (TPSA) is 68.2 Å². The van der Waals surface area contributed by atoms with Crippen molar-refractivity contribution < 1.29 is 0 Å². The van der Waals surface area contributed by atoms with Crippen LogP contribution in [-0.2, 0) is 20.0 Å². The Bertz CT molecular complexity index is 640. The highest BCUT2D eigenvalue weighted by molar-refractivity contribution is 14.0. The monoisotopic (exact) mass is 413 g/mol. The zero-order valence-corrected chi connectivity index (χ0v) is 15.9. The van der Waals surface area contributed by atoms with Gasteiger partial charge in [0, 0.05) is 24.5 Å². The molecule has 0 fully saturated rings. The number of halogens is 1. The third-order valence-electron chi connectivity index (χ3n) is 3.24. The summed E-state index contributed by atoms with van der Waals surface area (Å²) in [6, 6.07) is 6.23. The lowest BCUT2D eigenvalue weighted by atomic mass is 10.1. The van der Waals surface area contributed by atoms with Gasteiger partial charge in [-0.1, -0.05) is 13.0 Å². The predicted octanol–water partition coefficient (Wildman–Crippen LogP) is 3.14. The van der Waals surface area contributed by atoms with Gasteiger partial charge in [-0.15, -0.1) is 24.0 Å². The summed E-state index contributed by atoms with van der Waals surface area (Å²) in [7, 11) is 1.92. The Morgan fingerprint density at radius 1 is 1.27 bits per heavy atom. The maximum Gasteiger partial charge on any atom is 0.193 e. The summed E-state index contributed by atoms with van der Waals surface area (Å²) in [4.78, 5) is 4.40. The molecule has 3 N–H and O–H groups in total. The normalized spacial score (nSPS) is 11.2. The maximum absolute atomic E-state index is 5.96. The Kier molecular flexibility index (Phi) is 6.86. The molecule has 0 amide bonds. The van der Waals surface area contributed by atoms with Crippen LogP contribution in [0.25, 0.3) is 0 Å². The number of hydrogen-bond donors (Lipinski definition) is 2. The largest absolute Gasteiger partial charge is 0.370 e. The molecule has 2 rings (SSSR count). The number of nitrogens with two attached hydrogens (primary N) is 1. The van der Waals surface area contributed by atoms with E-state index >= 15 is 0 Å². The molecule has 22 heavy (non-hydrogen) atoms. The van der Waals surface area contributed by atoms with Crippen molar-refractivity contribution in [1.29, 1.82) is 0 Å². The fraction of sp³-hybridized carbons (Fsp3) is 0.375. The number of hydrogen-bond acceptors (Lipinski definition) is 2. The number of nitrogens with one attached hydrogen (secondary N) is 1. The number of anilines is 1. The molecule has 1 aromatic carbocycles. The van der Waals surface area contributed by atoms with Gasteiger partial charge in [-0.2, -0.15) is 5.10 Å². The van der Waals surface area contributed by atoms with Gasteiger partial charge >= 0.3 is 0 Å². The van der Waals surface area contributed by atoms with Crippen molar-refractivity contribution in [2.45, 2.75) is 33.7 Å². The summed E-state index contributed by atoms with van der Waals surface area (Å²) >= 11 is 0. The van der Waals surface area contributed by atoms with E-state index in [4.69, 9.17) is 5.73 Å². The molecule has 0 bridgehead atoms. The first kappa shape index (κ1) is 18.5. The van der Waals surface area contributed by atoms with E-state index in [1.54, 1.807) is 0 Å². The second-order valence-electron chi connectivity index (χ2n) is 5.33. The van der Waals surface area contributed by atoms with Crippen LogP contribution in [0.1, 0.15) is 29.3 Å². The van der Waals surface area contributed by atoms with Crippen LogP contribution in [0.3, 0.4) is 0 Å². The molecule has 0 saturated heterocycles. The first-order chi connectivity index (χ1) is 9.97. The van der Waals surface area contributed by atoms with Gasteiger partial charge in [0.2, 0.25) is 0 Å². The molecule has 1 heterocycles. The minimum absolute atomic E-state index is 0. The van der Waals surface area contributed by atoms with Crippen molar-refractivity contribution in [3.63, 3.8) is 0 Å². The van der Waals surface area contributed by atoms with Crippen LogP contribution in [0.15, 0.2) is 29.4 Å². The van der Waals surface area contributed by atoms with Gasteiger partial charge in [0.25, 0.3) is 0 Å². The molecule has 0 aliphatic carbocycles. The van der Waals surface area contributed by atoms with E-state index in [1.165, 1.54) is 11.1 Å². The van der Waals surface area contributed by atoms with Crippen LogP contribution < -0.4 is 11.1 Å². The molecule has 5 nitrogen and oxygen atoms in total. The number of guanidine groups is 1. The Morgan fingerprint density at radius 3 is 2.50 bits per heavy atom. The highest BCUT2D eigenvalue weighted by Crippen LogP contribution is 2.13. The average molecular weight is 413 g/mol. The summed E-state index contributed by atoms with van der Waals surface area (Å²) in [5, 5.41) is 7.54. The summed E-state index contributed by atoms with van der Waals surface area (Å²) < 4.78 is 1.82. The summed E-state index contributed by atoms with van der Waals surface area (Å²) in [6.07, 6.45) is 2.89. The van der Waals surface area contributed by atoms with E-state index in [-0.39, 0.29) is 24.0 Å². The fourth-order valence-corrected chi connectivity index (χ4v) is 2.42. The summed E-state index contributed by atoms with van der Waals surface area (Å²) in [6.45, 7) is 6.76. The SMILES string of the molecule is CCc1nn(C)cc1CN=C(N)Nc1cc(C)cc(C)c1.I. The molecule has 0 saturated carbocycles. The summed E-state index contributed by atoms with van der Waals surface area (Å²) in [5.41, 5.74) is 11.5. The number of aliphatic imine (C=N–C) groups is 1. The van der Waals surface area contributed by atoms with Crippen molar-refractivity contribution >= 4 is 35.6 Å². The van der Waals surface area contributed by atoms with E-state index in [0.717, 1.165) is 23.4 Å².